The van der Waals surface area contributed by atoms with Crippen LogP contribution in [0.3, 0.4) is 0 Å². The lowest BCUT2D eigenvalue weighted by molar-refractivity contribution is -0.139. The van der Waals surface area contributed by atoms with Gasteiger partial charge in [0.25, 0.3) is 0 Å². The molecule has 1 amide bonds. The van der Waals surface area contributed by atoms with Crippen LogP contribution in [-0.2, 0) is 4.79 Å². The van der Waals surface area contributed by atoms with Gasteiger partial charge in [0.05, 0.1) is 5.02 Å². The molecule has 3 rings (SSSR count). The lowest BCUT2D eigenvalue weighted by Gasteiger charge is -2.39. The first-order valence-electron chi connectivity index (χ1n) is 7.78. The number of aromatic nitrogens is 1. The lowest BCUT2D eigenvalue weighted by Crippen LogP contribution is -2.48. The number of halogens is 1. The Balaban J connectivity index is 1.54. The van der Waals surface area contributed by atoms with Crippen molar-refractivity contribution in [1.82, 2.24) is 9.88 Å². The summed E-state index contributed by atoms with van der Waals surface area (Å²) in [6.07, 6.45) is 7.09. The highest BCUT2D eigenvalue weighted by molar-refractivity contribution is 6.30. The van der Waals surface area contributed by atoms with Gasteiger partial charge in [0, 0.05) is 38.3 Å². The van der Waals surface area contributed by atoms with Crippen molar-refractivity contribution in [3.8, 4) is 0 Å². The number of pyridine rings is 1. The van der Waals surface area contributed by atoms with Gasteiger partial charge in [-0.1, -0.05) is 18.0 Å². The zero-order valence-electron chi connectivity index (χ0n) is 12.5. The summed E-state index contributed by atoms with van der Waals surface area (Å²) in [5.74, 6) is 1.63. The topological polar surface area (TPSA) is 36.4 Å². The number of nitrogens with zero attached hydrogens (tertiary/aromatic N) is 3. The normalized spacial score (nSPS) is 20.2. The Morgan fingerprint density at radius 3 is 2.52 bits per heavy atom. The third kappa shape index (κ3) is 3.15. The Morgan fingerprint density at radius 2 is 2.00 bits per heavy atom. The van der Waals surface area contributed by atoms with E-state index in [1.54, 1.807) is 6.20 Å². The quantitative estimate of drug-likeness (QED) is 0.861. The summed E-state index contributed by atoms with van der Waals surface area (Å²) in [5.41, 5.74) is 0. The largest absolute Gasteiger partial charge is 0.356 e. The molecule has 0 radical (unpaired) electrons. The van der Waals surface area contributed by atoms with Gasteiger partial charge in [-0.15, -0.1) is 0 Å². The van der Waals surface area contributed by atoms with Crippen LogP contribution in [0.15, 0.2) is 18.3 Å². The van der Waals surface area contributed by atoms with E-state index in [0.29, 0.717) is 22.9 Å². The molecule has 2 heterocycles. The number of amides is 1. The molecule has 0 atom stereocenters. The summed E-state index contributed by atoms with van der Waals surface area (Å²) in [4.78, 5) is 20.9. The van der Waals surface area contributed by atoms with Crippen molar-refractivity contribution in [3.05, 3.63) is 23.4 Å². The molecule has 1 aliphatic carbocycles. The van der Waals surface area contributed by atoms with Crippen molar-refractivity contribution >= 4 is 23.3 Å². The highest BCUT2D eigenvalue weighted by Gasteiger charge is 2.32. The molecule has 1 saturated carbocycles. The molecule has 0 aromatic carbocycles. The summed E-state index contributed by atoms with van der Waals surface area (Å²) >= 11 is 5.87. The standard InChI is InChI=1S/C16H22ClN3O/c1-19(16(21)12-3-2-4-12)14-7-9-20(10-8-14)15-6-5-13(17)11-18-15/h5-6,11-12,14H,2-4,7-10H2,1H3. The zero-order chi connectivity index (χ0) is 14.8. The smallest absolute Gasteiger partial charge is 0.225 e. The fourth-order valence-electron chi connectivity index (χ4n) is 3.16. The predicted octanol–water partition coefficient (Wildman–Crippen LogP) is 2.96. The number of hydrogen-bond donors (Lipinski definition) is 0. The van der Waals surface area contributed by atoms with E-state index in [4.69, 9.17) is 11.6 Å². The van der Waals surface area contributed by atoms with Crippen LogP contribution in [0.25, 0.3) is 0 Å². The molecule has 0 bridgehead atoms. The highest BCUT2D eigenvalue weighted by Crippen LogP contribution is 2.30. The fourth-order valence-corrected chi connectivity index (χ4v) is 3.27. The molecule has 5 heteroatoms. The van der Waals surface area contributed by atoms with Gasteiger partial charge in [-0.25, -0.2) is 4.98 Å². The van der Waals surface area contributed by atoms with Crippen molar-refractivity contribution < 1.29 is 4.79 Å². The number of carbonyl (C=O) groups is 1. The molecule has 4 nitrogen and oxygen atoms in total. The molecule has 2 fully saturated rings. The zero-order valence-corrected chi connectivity index (χ0v) is 13.2. The Bertz CT molecular complexity index is 493. The van der Waals surface area contributed by atoms with E-state index in [-0.39, 0.29) is 0 Å². The van der Waals surface area contributed by atoms with Crippen molar-refractivity contribution in [2.45, 2.75) is 38.1 Å². The van der Waals surface area contributed by atoms with Gasteiger partial charge in [0.15, 0.2) is 0 Å². The maximum absolute atomic E-state index is 12.3. The van der Waals surface area contributed by atoms with Gasteiger partial charge in [0.2, 0.25) is 5.91 Å². The maximum Gasteiger partial charge on any atom is 0.225 e. The third-order valence-electron chi connectivity index (χ3n) is 4.85. The van der Waals surface area contributed by atoms with E-state index in [1.165, 1.54) is 6.42 Å². The summed E-state index contributed by atoms with van der Waals surface area (Å²) < 4.78 is 0. The highest BCUT2D eigenvalue weighted by atomic mass is 35.5. The van der Waals surface area contributed by atoms with Crippen LogP contribution >= 0.6 is 11.6 Å². The van der Waals surface area contributed by atoms with Crippen molar-refractivity contribution in [3.63, 3.8) is 0 Å². The maximum atomic E-state index is 12.3. The molecule has 1 saturated heterocycles. The van der Waals surface area contributed by atoms with E-state index in [9.17, 15) is 4.79 Å². The lowest BCUT2D eigenvalue weighted by atomic mass is 9.84. The second-order valence-corrected chi connectivity index (χ2v) is 6.57. The molecule has 0 N–H and O–H groups in total. The van der Waals surface area contributed by atoms with Gasteiger partial charge in [-0.05, 0) is 37.8 Å². The number of hydrogen-bond acceptors (Lipinski definition) is 3. The summed E-state index contributed by atoms with van der Waals surface area (Å²) in [6.45, 7) is 1.89. The summed E-state index contributed by atoms with van der Waals surface area (Å²) in [7, 11) is 1.97. The summed E-state index contributed by atoms with van der Waals surface area (Å²) in [5, 5.41) is 0.666. The Kier molecular flexibility index (Phi) is 4.34. The molecular weight excluding hydrogens is 286 g/mol. The number of anilines is 1. The molecule has 21 heavy (non-hydrogen) atoms. The number of carbonyl (C=O) groups excluding carboxylic acids is 1. The van der Waals surface area contributed by atoms with Crippen molar-refractivity contribution in [1.29, 1.82) is 0 Å². The van der Waals surface area contributed by atoms with E-state index < -0.39 is 0 Å². The Labute approximate surface area is 131 Å². The van der Waals surface area contributed by atoms with Crippen LogP contribution in [0.2, 0.25) is 5.02 Å². The van der Waals surface area contributed by atoms with Crippen LogP contribution in [0.5, 0.6) is 0 Å². The first-order valence-corrected chi connectivity index (χ1v) is 8.16. The first kappa shape index (κ1) is 14.6. The van der Waals surface area contributed by atoms with E-state index in [2.05, 4.69) is 9.88 Å². The van der Waals surface area contributed by atoms with Crippen molar-refractivity contribution in [2.24, 2.45) is 5.92 Å². The Hall–Kier alpha value is -1.29. The van der Waals surface area contributed by atoms with E-state index in [1.807, 2.05) is 24.1 Å². The average Bonchev–Trinajstić information content (AvgIpc) is 2.46. The minimum absolute atomic E-state index is 0.297. The molecule has 1 aromatic heterocycles. The minimum atomic E-state index is 0.297. The second-order valence-electron chi connectivity index (χ2n) is 6.13. The number of rotatable bonds is 3. The first-order chi connectivity index (χ1) is 10.1. The monoisotopic (exact) mass is 307 g/mol. The molecule has 1 aliphatic heterocycles. The molecule has 2 aliphatic rings. The van der Waals surface area contributed by atoms with E-state index >= 15 is 0 Å². The van der Waals surface area contributed by atoms with Gasteiger partial charge < -0.3 is 9.80 Å². The molecule has 1 aromatic rings. The summed E-state index contributed by atoms with van der Waals surface area (Å²) in [6, 6.07) is 4.22. The predicted molar refractivity (Wildman–Crippen MR) is 84.6 cm³/mol. The van der Waals surface area contributed by atoms with Gasteiger partial charge in [-0.2, -0.15) is 0 Å². The van der Waals surface area contributed by atoms with Crippen LogP contribution in [0, 0.1) is 5.92 Å². The van der Waals surface area contributed by atoms with Crippen LogP contribution in [0.4, 0.5) is 5.82 Å². The van der Waals surface area contributed by atoms with Gasteiger partial charge in [-0.3, -0.25) is 4.79 Å². The van der Waals surface area contributed by atoms with E-state index in [0.717, 1.165) is 44.6 Å². The van der Waals surface area contributed by atoms with Gasteiger partial charge >= 0.3 is 0 Å². The van der Waals surface area contributed by atoms with Crippen LogP contribution in [-0.4, -0.2) is 42.0 Å². The minimum Gasteiger partial charge on any atom is -0.356 e. The SMILES string of the molecule is CN(C(=O)C1CCC1)C1CCN(c2ccc(Cl)cn2)CC1. The number of piperidine rings is 1. The second kappa shape index (κ2) is 6.22. The molecule has 0 unspecified atom stereocenters. The molecule has 0 spiro atoms. The Morgan fingerprint density at radius 1 is 1.29 bits per heavy atom. The molecular formula is C16H22ClN3O. The third-order valence-corrected chi connectivity index (χ3v) is 5.07. The van der Waals surface area contributed by atoms with Crippen LogP contribution < -0.4 is 4.90 Å². The molecule has 114 valence electrons. The van der Waals surface area contributed by atoms with Crippen molar-refractivity contribution in [2.75, 3.05) is 25.0 Å². The average molecular weight is 308 g/mol. The fraction of sp³-hybridized carbons (Fsp3) is 0.625. The van der Waals surface area contributed by atoms with Crippen LogP contribution in [0.1, 0.15) is 32.1 Å². The van der Waals surface area contributed by atoms with Gasteiger partial charge in [0.1, 0.15) is 5.82 Å².